The van der Waals surface area contributed by atoms with Crippen molar-refractivity contribution in [3.63, 3.8) is 0 Å². The molecule has 0 atom stereocenters. The van der Waals surface area contributed by atoms with E-state index in [0.29, 0.717) is 23.8 Å². The summed E-state index contributed by atoms with van der Waals surface area (Å²) in [6.07, 6.45) is 0.595. The highest BCUT2D eigenvalue weighted by Gasteiger charge is 2.23. The number of carbonyl (C=O) groups excluding carboxylic acids is 1. The highest BCUT2D eigenvalue weighted by atomic mass is 16.5. The minimum absolute atomic E-state index is 0.186. The van der Waals surface area contributed by atoms with Gasteiger partial charge in [0, 0.05) is 5.41 Å². The predicted octanol–water partition coefficient (Wildman–Crippen LogP) is 1.36. The molecule has 0 fully saturated rings. The summed E-state index contributed by atoms with van der Waals surface area (Å²) in [6.45, 7) is 8.20. The Labute approximate surface area is 122 Å². The minimum Gasteiger partial charge on any atom is -0.464 e. The maximum atomic E-state index is 11.6. The molecule has 21 heavy (non-hydrogen) atoms. The zero-order valence-corrected chi connectivity index (χ0v) is 12.9. The van der Waals surface area contributed by atoms with Crippen LogP contribution in [-0.2, 0) is 23.1 Å². The van der Waals surface area contributed by atoms with E-state index in [4.69, 9.17) is 4.52 Å². The van der Waals surface area contributed by atoms with Crippen LogP contribution in [0.15, 0.2) is 4.52 Å². The zero-order chi connectivity index (χ0) is 15.6. The van der Waals surface area contributed by atoms with Crippen molar-refractivity contribution in [2.45, 2.75) is 46.1 Å². The van der Waals surface area contributed by atoms with Gasteiger partial charge in [0.25, 0.3) is 0 Å². The Morgan fingerprint density at radius 2 is 2.10 bits per heavy atom. The van der Waals surface area contributed by atoms with Gasteiger partial charge in [-0.1, -0.05) is 38.1 Å². The van der Waals surface area contributed by atoms with Gasteiger partial charge in [-0.3, -0.25) is 0 Å². The molecule has 0 saturated carbocycles. The summed E-state index contributed by atoms with van der Waals surface area (Å²) in [4.78, 5) is 15.9. The number of aromatic nitrogens is 5. The Hall–Kier alpha value is -2.25. The fraction of sp³-hybridized carbons (Fsp3) is 0.615. The Morgan fingerprint density at radius 3 is 2.62 bits per heavy atom. The molecule has 2 aromatic rings. The highest BCUT2D eigenvalue weighted by Crippen LogP contribution is 2.19. The summed E-state index contributed by atoms with van der Waals surface area (Å²) in [6, 6.07) is 0. The fourth-order valence-electron chi connectivity index (χ4n) is 1.82. The molecule has 0 N–H and O–H groups in total. The molecule has 0 aliphatic rings. The number of rotatable bonds is 4. The van der Waals surface area contributed by atoms with Gasteiger partial charge in [-0.05, 0) is 6.42 Å². The minimum atomic E-state index is -0.501. The first-order valence-corrected chi connectivity index (χ1v) is 6.70. The van der Waals surface area contributed by atoms with E-state index < -0.39 is 5.97 Å². The molecule has 2 heterocycles. The van der Waals surface area contributed by atoms with Crippen molar-refractivity contribution in [2.75, 3.05) is 7.11 Å². The van der Waals surface area contributed by atoms with Crippen molar-refractivity contribution < 1.29 is 14.1 Å². The summed E-state index contributed by atoms with van der Waals surface area (Å²) in [7, 11) is 1.31. The van der Waals surface area contributed by atoms with Crippen LogP contribution in [0.25, 0.3) is 0 Å². The molecule has 0 saturated heterocycles. The van der Waals surface area contributed by atoms with Crippen molar-refractivity contribution in [3.8, 4) is 0 Å². The number of nitrogens with zero attached hydrogens (tertiary/aromatic N) is 5. The second-order valence-corrected chi connectivity index (χ2v) is 5.65. The van der Waals surface area contributed by atoms with Gasteiger partial charge in [0.1, 0.15) is 6.54 Å². The SMILES string of the molecule is CCc1c(C(=O)OC)nnn1Cc1nc(C(C)(C)C)no1. The van der Waals surface area contributed by atoms with Gasteiger partial charge in [0.15, 0.2) is 11.5 Å². The first kappa shape index (κ1) is 15.1. The number of methoxy groups -OCH3 is 1. The van der Waals surface area contributed by atoms with Crippen LogP contribution >= 0.6 is 0 Å². The molecule has 0 aromatic carbocycles. The molecule has 0 radical (unpaired) electrons. The molecular weight excluding hydrogens is 274 g/mol. The number of carbonyl (C=O) groups is 1. The lowest BCUT2D eigenvalue weighted by Gasteiger charge is -2.10. The van der Waals surface area contributed by atoms with Gasteiger partial charge in [-0.25, -0.2) is 9.48 Å². The molecule has 114 valence electrons. The monoisotopic (exact) mass is 293 g/mol. The quantitative estimate of drug-likeness (QED) is 0.785. The Bertz CT molecular complexity index is 639. The van der Waals surface area contributed by atoms with Crippen LogP contribution < -0.4 is 0 Å². The molecule has 0 aliphatic heterocycles. The van der Waals surface area contributed by atoms with E-state index in [0.717, 1.165) is 0 Å². The normalized spacial score (nSPS) is 11.7. The van der Waals surface area contributed by atoms with Crippen LogP contribution in [0.4, 0.5) is 0 Å². The lowest BCUT2D eigenvalue weighted by atomic mass is 9.96. The summed E-state index contributed by atoms with van der Waals surface area (Å²) < 4.78 is 11.5. The summed E-state index contributed by atoms with van der Waals surface area (Å²) >= 11 is 0. The van der Waals surface area contributed by atoms with Crippen molar-refractivity contribution >= 4 is 5.97 Å². The molecule has 0 spiro atoms. The second-order valence-electron chi connectivity index (χ2n) is 5.65. The lowest BCUT2D eigenvalue weighted by molar-refractivity contribution is 0.0592. The van der Waals surface area contributed by atoms with Gasteiger partial charge in [0.2, 0.25) is 5.89 Å². The maximum absolute atomic E-state index is 11.6. The van der Waals surface area contributed by atoms with E-state index in [-0.39, 0.29) is 17.7 Å². The van der Waals surface area contributed by atoms with E-state index >= 15 is 0 Å². The van der Waals surface area contributed by atoms with Crippen LogP contribution in [0.1, 0.15) is 55.6 Å². The third-order valence-electron chi connectivity index (χ3n) is 2.98. The summed E-state index contributed by atoms with van der Waals surface area (Å²) in [5.41, 5.74) is 0.711. The molecule has 0 bridgehead atoms. The highest BCUT2D eigenvalue weighted by molar-refractivity contribution is 5.88. The van der Waals surface area contributed by atoms with Crippen LogP contribution in [0.3, 0.4) is 0 Å². The largest absolute Gasteiger partial charge is 0.464 e. The van der Waals surface area contributed by atoms with Gasteiger partial charge in [-0.15, -0.1) is 5.10 Å². The number of esters is 1. The first-order valence-electron chi connectivity index (χ1n) is 6.70. The first-order chi connectivity index (χ1) is 9.86. The van der Waals surface area contributed by atoms with Crippen LogP contribution in [-0.4, -0.2) is 38.2 Å². The summed E-state index contributed by atoms with van der Waals surface area (Å²) in [5.74, 6) is 0.554. The Balaban J connectivity index is 2.26. The van der Waals surface area contributed by atoms with E-state index in [9.17, 15) is 4.79 Å². The predicted molar refractivity (Wildman–Crippen MR) is 72.8 cm³/mol. The van der Waals surface area contributed by atoms with Crippen LogP contribution in [0.5, 0.6) is 0 Å². The smallest absolute Gasteiger partial charge is 0.360 e. The number of hydrogen-bond acceptors (Lipinski definition) is 7. The van der Waals surface area contributed by atoms with Gasteiger partial charge in [0.05, 0.1) is 12.8 Å². The number of ether oxygens (including phenoxy) is 1. The van der Waals surface area contributed by atoms with E-state index in [1.165, 1.54) is 7.11 Å². The van der Waals surface area contributed by atoms with Crippen LogP contribution in [0.2, 0.25) is 0 Å². The summed E-state index contributed by atoms with van der Waals surface area (Å²) in [5, 5.41) is 11.8. The van der Waals surface area contributed by atoms with E-state index in [2.05, 4.69) is 25.2 Å². The zero-order valence-electron chi connectivity index (χ0n) is 12.9. The van der Waals surface area contributed by atoms with Gasteiger partial charge >= 0.3 is 5.97 Å². The molecular formula is C13H19N5O3. The Kier molecular flexibility index (Phi) is 4.06. The molecule has 2 aromatic heterocycles. The molecule has 2 rings (SSSR count). The van der Waals surface area contributed by atoms with Gasteiger partial charge in [-0.2, -0.15) is 4.98 Å². The average Bonchev–Trinajstić information content (AvgIpc) is 3.04. The Morgan fingerprint density at radius 1 is 1.38 bits per heavy atom. The molecule has 8 nitrogen and oxygen atoms in total. The topological polar surface area (TPSA) is 95.9 Å². The van der Waals surface area contributed by atoms with Crippen molar-refractivity contribution in [1.29, 1.82) is 0 Å². The third-order valence-corrected chi connectivity index (χ3v) is 2.98. The molecule has 0 amide bonds. The van der Waals surface area contributed by atoms with Crippen molar-refractivity contribution in [1.82, 2.24) is 25.1 Å². The van der Waals surface area contributed by atoms with Crippen LogP contribution in [0, 0.1) is 0 Å². The maximum Gasteiger partial charge on any atom is 0.360 e. The number of hydrogen-bond donors (Lipinski definition) is 0. The molecule has 8 heteroatoms. The molecule has 0 aliphatic carbocycles. The average molecular weight is 293 g/mol. The molecule has 0 unspecified atom stereocenters. The second kappa shape index (κ2) is 5.63. The standard InChI is InChI=1S/C13H19N5O3/c1-6-8-10(11(19)20-5)15-17-18(8)7-9-14-12(16-21-9)13(2,3)4/h6-7H2,1-5H3. The lowest BCUT2D eigenvalue weighted by Crippen LogP contribution is -2.14. The van der Waals surface area contributed by atoms with Crippen molar-refractivity contribution in [3.05, 3.63) is 23.1 Å². The fourth-order valence-corrected chi connectivity index (χ4v) is 1.82. The van der Waals surface area contributed by atoms with Crippen molar-refractivity contribution in [2.24, 2.45) is 0 Å². The van der Waals surface area contributed by atoms with E-state index in [1.807, 2.05) is 27.7 Å². The van der Waals surface area contributed by atoms with E-state index in [1.54, 1.807) is 4.68 Å². The van der Waals surface area contributed by atoms with Gasteiger partial charge < -0.3 is 9.26 Å². The third kappa shape index (κ3) is 3.09.